The maximum Gasteiger partial charge on any atom is 0.114 e. The molecule has 3 rings (SSSR count). The van der Waals surface area contributed by atoms with E-state index in [1.54, 1.807) is 19.2 Å². The normalized spacial score (nSPS) is 23.3. The van der Waals surface area contributed by atoms with Crippen molar-refractivity contribution in [3.63, 3.8) is 0 Å². The quantitative estimate of drug-likeness (QED) is 0.784. The van der Waals surface area contributed by atoms with Crippen molar-refractivity contribution >= 4 is 11.0 Å². The minimum absolute atomic E-state index is 0.345. The SMILES string of the molecule is COC1CC(n2nnc3cc(C#N)ccc32)C1. The van der Waals surface area contributed by atoms with E-state index >= 15 is 0 Å². The molecule has 0 atom stereocenters. The van der Waals surface area contributed by atoms with E-state index in [9.17, 15) is 0 Å². The van der Waals surface area contributed by atoms with Gasteiger partial charge in [0.15, 0.2) is 0 Å². The first kappa shape index (κ1) is 10.2. The number of methoxy groups -OCH3 is 1. The summed E-state index contributed by atoms with van der Waals surface area (Å²) in [5, 5.41) is 17.1. The standard InChI is InChI=1S/C12H12N4O/c1-17-10-5-9(6-10)16-12-3-2-8(7-13)4-11(12)14-15-16/h2-4,9-10H,5-6H2,1H3. The lowest BCUT2D eigenvalue weighted by Gasteiger charge is -2.34. The summed E-state index contributed by atoms with van der Waals surface area (Å²) in [6.07, 6.45) is 2.31. The van der Waals surface area contributed by atoms with Crippen LogP contribution in [0.2, 0.25) is 0 Å². The van der Waals surface area contributed by atoms with Gasteiger partial charge in [0.05, 0.1) is 29.3 Å². The monoisotopic (exact) mass is 228 g/mol. The number of nitriles is 1. The first-order valence-corrected chi connectivity index (χ1v) is 5.59. The number of nitrogens with zero attached hydrogens (tertiary/aromatic N) is 4. The lowest BCUT2D eigenvalue weighted by atomic mass is 9.89. The third-order valence-electron chi connectivity index (χ3n) is 3.35. The molecule has 1 aliphatic carbocycles. The Morgan fingerprint density at radius 1 is 1.47 bits per heavy atom. The van der Waals surface area contributed by atoms with Gasteiger partial charge in [-0.3, -0.25) is 0 Å². The van der Waals surface area contributed by atoms with Crippen molar-refractivity contribution < 1.29 is 4.74 Å². The Morgan fingerprint density at radius 2 is 2.29 bits per heavy atom. The third kappa shape index (κ3) is 1.58. The Morgan fingerprint density at radius 3 is 3.00 bits per heavy atom. The van der Waals surface area contributed by atoms with Crippen LogP contribution < -0.4 is 0 Å². The molecule has 1 heterocycles. The van der Waals surface area contributed by atoms with Crippen LogP contribution in [0.3, 0.4) is 0 Å². The van der Waals surface area contributed by atoms with Gasteiger partial charge in [0.25, 0.3) is 0 Å². The number of ether oxygens (including phenoxy) is 1. The molecular weight excluding hydrogens is 216 g/mol. The largest absolute Gasteiger partial charge is 0.381 e. The van der Waals surface area contributed by atoms with Crippen molar-refractivity contribution in [1.82, 2.24) is 15.0 Å². The Labute approximate surface area is 98.6 Å². The van der Waals surface area contributed by atoms with Crippen molar-refractivity contribution in [3.05, 3.63) is 23.8 Å². The summed E-state index contributed by atoms with van der Waals surface area (Å²) >= 11 is 0. The van der Waals surface area contributed by atoms with E-state index < -0.39 is 0 Å². The molecule has 0 aliphatic heterocycles. The molecule has 0 radical (unpaired) electrons. The molecule has 0 saturated heterocycles. The zero-order chi connectivity index (χ0) is 11.8. The van der Waals surface area contributed by atoms with E-state index in [-0.39, 0.29) is 0 Å². The Bertz CT molecular complexity index is 592. The van der Waals surface area contributed by atoms with E-state index in [0.29, 0.717) is 17.7 Å². The van der Waals surface area contributed by atoms with Gasteiger partial charge in [0.2, 0.25) is 0 Å². The summed E-state index contributed by atoms with van der Waals surface area (Å²) in [5.41, 5.74) is 2.39. The smallest absolute Gasteiger partial charge is 0.114 e. The van der Waals surface area contributed by atoms with E-state index in [1.807, 2.05) is 10.7 Å². The van der Waals surface area contributed by atoms with Crippen LogP contribution in [0.1, 0.15) is 24.4 Å². The Balaban J connectivity index is 1.94. The fourth-order valence-electron chi connectivity index (χ4n) is 2.21. The number of rotatable bonds is 2. The van der Waals surface area contributed by atoms with Crippen molar-refractivity contribution in [2.75, 3.05) is 7.11 Å². The van der Waals surface area contributed by atoms with Gasteiger partial charge < -0.3 is 4.74 Å². The van der Waals surface area contributed by atoms with Crippen LogP contribution in [0.15, 0.2) is 18.2 Å². The molecule has 86 valence electrons. The van der Waals surface area contributed by atoms with Crippen molar-refractivity contribution in [2.45, 2.75) is 25.0 Å². The van der Waals surface area contributed by atoms with Gasteiger partial charge >= 0.3 is 0 Å². The van der Waals surface area contributed by atoms with Crippen molar-refractivity contribution in [3.8, 4) is 6.07 Å². The second kappa shape index (κ2) is 3.82. The molecule has 0 unspecified atom stereocenters. The first-order chi connectivity index (χ1) is 8.31. The maximum absolute atomic E-state index is 8.82. The highest BCUT2D eigenvalue weighted by atomic mass is 16.5. The molecular formula is C12H12N4O. The molecule has 0 amide bonds. The third-order valence-corrected chi connectivity index (χ3v) is 3.35. The summed E-state index contributed by atoms with van der Waals surface area (Å²) in [5.74, 6) is 0. The molecule has 0 spiro atoms. The topological polar surface area (TPSA) is 63.7 Å². The predicted molar refractivity (Wildman–Crippen MR) is 61.3 cm³/mol. The zero-order valence-corrected chi connectivity index (χ0v) is 9.50. The van der Waals surface area contributed by atoms with Crippen LogP contribution in [0, 0.1) is 11.3 Å². The highest BCUT2D eigenvalue weighted by molar-refractivity contribution is 5.76. The van der Waals surface area contributed by atoms with Crippen LogP contribution >= 0.6 is 0 Å². The lowest BCUT2D eigenvalue weighted by Crippen LogP contribution is -2.33. The summed E-state index contributed by atoms with van der Waals surface area (Å²) < 4.78 is 7.19. The number of hydrogen-bond donors (Lipinski definition) is 0. The molecule has 2 aromatic rings. The second-order valence-electron chi connectivity index (χ2n) is 4.33. The summed E-state index contributed by atoms with van der Waals surface area (Å²) in [4.78, 5) is 0. The molecule has 1 aromatic carbocycles. The maximum atomic E-state index is 8.82. The van der Waals surface area contributed by atoms with E-state index in [4.69, 9.17) is 10.00 Å². The summed E-state index contributed by atoms with van der Waals surface area (Å²) in [6.45, 7) is 0. The predicted octanol–water partition coefficient (Wildman–Crippen LogP) is 1.65. The van der Waals surface area contributed by atoms with Gasteiger partial charge in [-0.2, -0.15) is 5.26 Å². The van der Waals surface area contributed by atoms with E-state index in [0.717, 1.165) is 23.9 Å². The first-order valence-electron chi connectivity index (χ1n) is 5.59. The summed E-state index contributed by atoms with van der Waals surface area (Å²) in [7, 11) is 1.74. The van der Waals surface area contributed by atoms with Gasteiger partial charge in [0, 0.05) is 7.11 Å². The molecule has 0 bridgehead atoms. The van der Waals surface area contributed by atoms with Gasteiger partial charge in [0.1, 0.15) is 5.52 Å². The minimum atomic E-state index is 0.345. The molecule has 5 nitrogen and oxygen atoms in total. The molecule has 0 N–H and O–H groups in total. The zero-order valence-electron chi connectivity index (χ0n) is 9.50. The molecule has 5 heteroatoms. The molecule has 17 heavy (non-hydrogen) atoms. The van der Waals surface area contributed by atoms with E-state index in [1.165, 1.54) is 0 Å². The lowest BCUT2D eigenvalue weighted by molar-refractivity contribution is 0.00332. The van der Waals surface area contributed by atoms with Crippen molar-refractivity contribution in [1.29, 1.82) is 5.26 Å². The molecule has 1 aromatic heterocycles. The van der Waals surface area contributed by atoms with Crippen LogP contribution in [0.25, 0.3) is 11.0 Å². The van der Waals surface area contributed by atoms with E-state index in [2.05, 4.69) is 16.4 Å². The van der Waals surface area contributed by atoms with Gasteiger partial charge in [-0.1, -0.05) is 5.21 Å². The minimum Gasteiger partial charge on any atom is -0.381 e. The van der Waals surface area contributed by atoms with Crippen LogP contribution in [-0.4, -0.2) is 28.2 Å². The summed E-state index contributed by atoms with van der Waals surface area (Å²) in [6, 6.07) is 7.96. The Kier molecular flexibility index (Phi) is 2.30. The van der Waals surface area contributed by atoms with Gasteiger partial charge in [-0.25, -0.2) is 4.68 Å². The van der Waals surface area contributed by atoms with Crippen LogP contribution in [0.5, 0.6) is 0 Å². The fourth-order valence-corrected chi connectivity index (χ4v) is 2.21. The van der Waals surface area contributed by atoms with Gasteiger partial charge in [-0.15, -0.1) is 5.10 Å². The molecule has 1 aliphatic rings. The highest BCUT2D eigenvalue weighted by Crippen LogP contribution is 2.35. The second-order valence-corrected chi connectivity index (χ2v) is 4.33. The van der Waals surface area contributed by atoms with Crippen LogP contribution in [0.4, 0.5) is 0 Å². The van der Waals surface area contributed by atoms with Crippen LogP contribution in [-0.2, 0) is 4.74 Å². The average molecular weight is 228 g/mol. The Hall–Kier alpha value is -1.93. The fraction of sp³-hybridized carbons (Fsp3) is 0.417. The number of aromatic nitrogens is 3. The average Bonchev–Trinajstić information content (AvgIpc) is 2.71. The molecule has 1 saturated carbocycles. The van der Waals surface area contributed by atoms with Crippen molar-refractivity contribution in [2.24, 2.45) is 0 Å². The highest BCUT2D eigenvalue weighted by Gasteiger charge is 2.32. The number of hydrogen-bond acceptors (Lipinski definition) is 4. The van der Waals surface area contributed by atoms with Gasteiger partial charge in [-0.05, 0) is 31.0 Å². The number of fused-ring (bicyclic) bond motifs is 1. The molecule has 1 fully saturated rings. The number of benzene rings is 1.